The van der Waals surface area contributed by atoms with Gasteiger partial charge in [-0.05, 0) is 42.3 Å². The first kappa shape index (κ1) is 26.3. The number of hydrogen-bond acceptors (Lipinski definition) is 7. The fourth-order valence-corrected chi connectivity index (χ4v) is 5.29. The summed E-state index contributed by atoms with van der Waals surface area (Å²) in [5, 5.41) is 2.81. The molecule has 0 unspecified atom stereocenters. The van der Waals surface area contributed by atoms with Crippen molar-refractivity contribution < 1.29 is 32.2 Å². The Hall–Kier alpha value is -3.31. The van der Waals surface area contributed by atoms with Crippen LogP contribution in [0.3, 0.4) is 0 Å². The minimum Gasteiger partial charge on any atom is -0.493 e. The zero-order chi connectivity index (χ0) is 25.6. The molecule has 3 rings (SSSR count). The van der Waals surface area contributed by atoms with Crippen LogP contribution in [-0.4, -0.2) is 71.5 Å². The van der Waals surface area contributed by atoms with Gasteiger partial charge in [-0.25, -0.2) is 8.42 Å². The molecule has 0 fully saturated rings. The lowest BCUT2D eigenvalue weighted by Crippen LogP contribution is -2.45. The molecule has 1 aliphatic heterocycles. The normalized spacial score (nSPS) is 13.3. The molecule has 190 valence electrons. The molecule has 0 aromatic heterocycles. The highest BCUT2D eigenvalue weighted by atomic mass is 32.2. The summed E-state index contributed by atoms with van der Waals surface area (Å²) < 4.78 is 43.2. The zero-order valence-corrected chi connectivity index (χ0v) is 21.2. The fourth-order valence-electron chi connectivity index (χ4n) is 3.81. The van der Waals surface area contributed by atoms with E-state index in [0.717, 1.165) is 5.56 Å². The van der Waals surface area contributed by atoms with Gasteiger partial charge in [0.2, 0.25) is 15.9 Å². The minimum atomic E-state index is -3.74. The highest BCUT2D eigenvalue weighted by Gasteiger charge is 2.30. The van der Waals surface area contributed by atoms with E-state index < -0.39 is 15.9 Å². The number of hydrogen-bond donors (Lipinski definition) is 1. The van der Waals surface area contributed by atoms with Crippen molar-refractivity contribution in [3.63, 3.8) is 0 Å². The van der Waals surface area contributed by atoms with Crippen molar-refractivity contribution in [2.24, 2.45) is 0 Å². The SMILES string of the molecule is CCN(CC)S(=O)(=O)c1ccc2c(c1)N(CC(=O)NCCc1ccc(OC)c(OC)c1)C(=O)CO2. The summed E-state index contributed by atoms with van der Waals surface area (Å²) in [6.07, 6.45) is 0.548. The van der Waals surface area contributed by atoms with Gasteiger partial charge in [0.25, 0.3) is 5.91 Å². The molecule has 11 heteroatoms. The Balaban J connectivity index is 1.71. The van der Waals surface area contributed by atoms with E-state index in [4.69, 9.17) is 14.2 Å². The number of sulfonamides is 1. The van der Waals surface area contributed by atoms with Gasteiger partial charge < -0.3 is 19.5 Å². The van der Waals surface area contributed by atoms with E-state index in [1.54, 1.807) is 34.1 Å². The number of nitrogens with zero attached hydrogens (tertiary/aromatic N) is 2. The van der Waals surface area contributed by atoms with Gasteiger partial charge in [0.15, 0.2) is 18.1 Å². The number of anilines is 1. The van der Waals surface area contributed by atoms with Crippen LogP contribution < -0.4 is 24.4 Å². The van der Waals surface area contributed by atoms with Crippen molar-refractivity contribution in [3.05, 3.63) is 42.0 Å². The Kier molecular flexibility index (Phi) is 8.57. The largest absolute Gasteiger partial charge is 0.493 e. The van der Waals surface area contributed by atoms with Crippen LogP contribution in [0.15, 0.2) is 41.3 Å². The maximum atomic E-state index is 12.9. The van der Waals surface area contributed by atoms with Gasteiger partial charge >= 0.3 is 0 Å². The molecule has 2 amide bonds. The molecule has 2 aromatic rings. The predicted molar refractivity (Wildman–Crippen MR) is 131 cm³/mol. The van der Waals surface area contributed by atoms with E-state index in [1.807, 2.05) is 12.1 Å². The molecular weight excluding hydrogens is 474 g/mol. The van der Waals surface area contributed by atoms with Gasteiger partial charge in [-0.2, -0.15) is 4.31 Å². The molecule has 1 aliphatic rings. The number of amides is 2. The standard InChI is InChI=1S/C24H31N3O7S/c1-5-26(6-2)35(30,31)18-8-10-20-19(14-18)27(24(29)16-34-20)15-23(28)25-12-11-17-7-9-21(32-3)22(13-17)33-4/h7-10,13-14H,5-6,11-12,15-16H2,1-4H3,(H,25,28). The number of rotatable bonds is 11. The number of carbonyl (C=O) groups excluding carboxylic acids is 2. The lowest BCUT2D eigenvalue weighted by atomic mass is 10.1. The molecular formula is C24H31N3O7S. The van der Waals surface area contributed by atoms with Crippen LogP contribution in [0.4, 0.5) is 5.69 Å². The van der Waals surface area contributed by atoms with Crippen LogP contribution in [0.25, 0.3) is 0 Å². The number of nitrogens with one attached hydrogen (secondary N) is 1. The summed E-state index contributed by atoms with van der Waals surface area (Å²) >= 11 is 0. The second-order valence-corrected chi connectivity index (χ2v) is 9.71. The Morgan fingerprint density at radius 1 is 1.09 bits per heavy atom. The van der Waals surface area contributed by atoms with Gasteiger partial charge in [0.05, 0.1) is 24.8 Å². The van der Waals surface area contributed by atoms with Gasteiger partial charge in [-0.3, -0.25) is 14.5 Å². The topological polar surface area (TPSA) is 114 Å². The molecule has 0 aliphatic carbocycles. The van der Waals surface area contributed by atoms with E-state index in [-0.39, 0.29) is 29.6 Å². The average Bonchev–Trinajstić information content (AvgIpc) is 2.85. The molecule has 0 saturated heterocycles. The first-order chi connectivity index (χ1) is 16.7. The second kappa shape index (κ2) is 11.4. The first-order valence-electron chi connectivity index (χ1n) is 11.3. The van der Waals surface area contributed by atoms with Crippen LogP contribution in [0.1, 0.15) is 19.4 Å². The number of benzene rings is 2. The second-order valence-electron chi connectivity index (χ2n) is 7.78. The maximum absolute atomic E-state index is 12.9. The van der Waals surface area contributed by atoms with Gasteiger partial charge in [0, 0.05) is 19.6 Å². The summed E-state index contributed by atoms with van der Waals surface area (Å²) in [6.45, 7) is 4.00. The predicted octanol–water partition coefficient (Wildman–Crippen LogP) is 1.82. The summed E-state index contributed by atoms with van der Waals surface area (Å²) in [6, 6.07) is 9.86. The van der Waals surface area contributed by atoms with Crippen molar-refractivity contribution >= 4 is 27.5 Å². The zero-order valence-electron chi connectivity index (χ0n) is 20.4. The van der Waals surface area contributed by atoms with Crippen molar-refractivity contribution in [1.29, 1.82) is 0 Å². The highest BCUT2D eigenvalue weighted by Crippen LogP contribution is 2.35. The van der Waals surface area contributed by atoms with Gasteiger partial charge in [-0.1, -0.05) is 19.9 Å². The van der Waals surface area contributed by atoms with Crippen LogP contribution in [0.2, 0.25) is 0 Å². The molecule has 0 spiro atoms. The van der Waals surface area contributed by atoms with Gasteiger partial charge in [-0.15, -0.1) is 0 Å². The molecule has 0 radical (unpaired) electrons. The molecule has 0 atom stereocenters. The van der Waals surface area contributed by atoms with Crippen LogP contribution in [-0.2, 0) is 26.0 Å². The Morgan fingerprint density at radius 2 is 1.80 bits per heavy atom. The van der Waals surface area contributed by atoms with Crippen LogP contribution >= 0.6 is 0 Å². The monoisotopic (exact) mass is 505 g/mol. The van der Waals surface area contributed by atoms with Crippen molar-refractivity contribution in [1.82, 2.24) is 9.62 Å². The third-order valence-corrected chi connectivity index (χ3v) is 7.75. The first-order valence-corrected chi connectivity index (χ1v) is 12.7. The Bertz CT molecular complexity index is 1180. The molecule has 0 bridgehead atoms. The summed E-state index contributed by atoms with van der Waals surface area (Å²) in [5.74, 6) is 0.768. The lowest BCUT2D eigenvalue weighted by molar-refractivity contribution is -0.125. The van der Waals surface area contributed by atoms with Crippen molar-refractivity contribution in [3.8, 4) is 17.2 Å². The van der Waals surface area contributed by atoms with Crippen molar-refractivity contribution in [2.45, 2.75) is 25.2 Å². The summed E-state index contributed by atoms with van der Waals surface area (Å²) in [4.78, 5) is 26.5. The maximum Gasteiger partial charge on any atom is 0.265 e. The minimum absolute atomic E-state index is 0.0390. The molecule has 1 heterocycles. The van der Waals surface area contributed by atoms with E-state index in [1.165, 1.54) is 27.4 Å². The molecule has 35 heavy (non-hydrogen) atoms. The van der Waals surface area contributed by atoms with E-state index in [2.05, 4.69) is 5.32 Å². The molecule has 0 saturated carbocycles. The Labute approximate surface area is 205 Å². The summed E-state index contributed by atoms with van der Waals surface area (Å²) in [7, 11) is -0.624. The third-order valence-electron chi connectivity index (χ3n) is 5.70. The number of fused-ring (bicyclic) bond motifs is 1. The van der Waals surface area contributed by atoms with E-state index in [9.17, 15) is 18.0 Å². The number of ether oxygens (including phenoxy) is 3. The fraction of sp³-hybridized carbons (Fsp3) is 0.417. The van der Waals surface area contributed by atoms with E-state index >= 15 is 0 Å². The van der Waals surface area contributed by atoms with Gasteiger partial charge in [0.1, 0.15) is 12.3 Å². The quantitative estimate of drug-likeness (QED) is 0.495. The average molecular weight is 506 g/mol. The third kappa shape index (κ3) is 5.85. The molecule has 1 N–H and O–H groups in total. The molecule has 2 aromatic carbocycles. The highest BCUT2D eigenvalue weighted by molar-refractivity contribution is 7.89. The summed E-state index contributed by atoms with van der Waals surface area (Å²) in [5.41, 5.74) is 1.20. The molecule has 10 nitrogen and oxygen atoms in total. The van der Waals surface area contributed by atoms with Crippen LogP contribution in [0, 0.1) is 0 Å². The number of methoxy groups -OCH3 is 2. The van der Waals surface area contributed by atoms with E-state index in [0.29, 0.717) is 43.3 Å². The number of carbonyl (C=O) groups is 2. The smallest absolute Gasteiger partial charge is 0.265 e. The van der Waals surface area contributed by atoms with Crippen molar-refractivity contribution in [2.75, 3.05) is 51.9 Å². The Morgan fingerprint density at radius 3 is 2.46 bits per heavy atom. The van der Waals surface area contributed by atoms with Crippen LogP contribution in [0.5, 0.6) is 17.2 Å². The lowest BCUT2D eigenvalue weighted by Gasteiger charge is -2.29.